The van der Waals surface area contributed by atoms with Gasteiger partial charge in [-0.3, -0.25) is 9.88 Å². The van der Waals surface area contributed by atoms with Crippen LogP contribution < -0.4 is 5.69 Å². The summed E-state index contributed by atoms with van der Waals surface area (Å²) in [6, 6.07) is 5.01. The molecule has 0 spiro atoms. The molecule has 10 nitrogen and oxygen atoms in total. The number of hydrogen-bond acceptors (Lipinski definition) is 6. The molecule has 1 saturated heterocycles. The number of H-pyrrole nitrogens is 1. The van der Waals surface area contributed by atoms with Gasteiger partial charge in [0.15, 0.2) is 6.29 Å². The summed E-state index contributed by atoms with van der Waals surface area (Å²) in [5, 5.41) is 3.61. The molecule has 41 heavy (non-hydrogen) atoms. The lowest BCUT2D eigenvalue weighted by molar-refractivity contribution is -0.231. The fourth-order valence-electron chi connectivity index (χ4n) is 4.30. The molecule has 0 amide bonds. The third-order valence-electron chi connectivity index (χ3n) is 6.19. The first-order valence-electron chi connectivity index (χ1n) is 11.7. The fourth-order valence-corrected chi connectivity index (χ4v) is 4.81. The number of nitrogens with zero attached hydrogens (tertiary/aromatic N) is 3. The normalized spacial score (nSPS) is 19.9. The van der Waals surface area contributed by atoms with Gasteiger partial charge >= 0.3 is 25.8 Å². The van der Waals surface area contributed by atoms with Gasteiger partial charge in [0.05, 0.1) is 36.4 Å². The number of ether oxygens (including phenoxy) is 2. The van der Waals surface area contributed by atoms with E-state index in [4.69, 9.17) is 9.47 Å². The smallest absolute Gasteiger partial charge is 0.349 e. The summed E-state index contributed by atoms with van der Waals surface area (Å²) in [5.74, 6) is -0.775. The monoisotopic (exact) mass is 614 g/mol. The van der Waals surface area contributed by atoms with Crippen molar-refractivity contribution in [2.24, 2.45) is 0 Å². The van der Waals surface area contributed by atoms with Crippen LogP contribution in [0.5, 0.6) is 0 Å². The summed E-state index contributed by atoms with van der Waals surface area (Å²) in [5.41, 5.74) is -4.31. The first-order chi connectivity index (χ1) is 18.9. The number of morpholine rings is 1. The van der Waals surface area contributed by atoms with Gasteiger partial charge in [0.2, 0.25) is 0 Å². The molecule has 4 rings (SSSR count). The van der Waals surface area contributed by atoms with Crippen molar-refractivity contribution < 1.29 is 54.6 Å². The maximum Gasteiger partial charge on any atom is 0.454 e. The molecule has 0 radical (unpaired) electrons. The van der Waals surface area contributed by atoms with Crippen LogP contribution in [0.2, 0.25) is 0 Å². The molecule has 2 aromatic carbocycles. The van der Waals surface area contributed by atoms with Crippen molar-refractivity contribution in [3.8, 4) is 0 Å². The number of benzene rings is 2. The third kappa shape index (κ3) is 7.23. The van der Waals surface area contributed by atoms with Gasteiger partial charge in [-0.25, -0.2) is 13.8 Å². The summed E-state index contributed by atoms with van der Waals surface area (Å²) >= 11 is 0. The molecule has 0 aliphatic carbocycles. The number of alkyl halides is 6. The molecule has 1 aliphatic heterocycles. The van der Waals surface area contributed by atoms with E-state index in [1.54, 1.807) is 4.90 Å². The Kier molecular flexibility index (Phi) is 8.51. The number of nitrogens with one attached hydrogen (secondary N) is 1. The van der Waals surface area contributed by atoms with E-state index in [0.29, 0.717) is 17.7 Å². The molecule has 1 aliphatic rings. The summed E-state index contributed by atoms with van der Waals surface area (Å²) in [6.07, 6.45) is -12.8. The lowest BCUT2D eigenvalue weighted by Gasteiger charge is -2.41. The fraction of sp³-hybridized carbons (Fsp3) is 0.391. The van der Waals surface area contributed by atoms with Crippen molar-refractivity contribution in [1.82, 2.24) is 19.4 Å². The number of hydrogen-bond donors (Lipinski definition) is 3. The van der Waals surface area contributed by atoms with Crippen LogP contribution in [0.3, 0.4) is 0 Å². The van der Waals surface area contributed by atoms with Gasteiger partial charge in [0, 0.05) is 6.54 Å². The molecule has 3 atom stereocenters. The van der Waals surface area contributed by atoms with Gasteiger partial charge in [0.25, 0.3) is 0 Å². The van der Waals surface area contributed by atoms with E-state index in [2.05, 4.69) is 10.1 Å². The van der Waals surface area contributed by atoms with Crippen LogP contribution in [0.15, 0.2) is 47.3 Å². The van der Waals surface area contributed by atoms with E-state index in [1.807, 2.05) is 0 Å². The molecule has 3 aromatic rings. The van der Waals surface area contributed by atoms with Gasteiger partial charge in [-0.2, -0.15) is 26.3 Å². The van der Waals surface area contributed by atoms with Crippen LogP contribution in [0.1, 0.15) is 47.1 Å². The minimum atomic E-state index is -5.07. The average molecular weight is 614 g/mol. The Balaban J connectivity index is 1.68. The summed E-state index contributed by atoms with van der Waals surface area (Å²) in [7, 11) is -5.07. The Morgan fingerprint density at radius 2 is 1.68 bits per heavy atom. The van der Waals surface area contributed by atoms with Gasteiger partial charge in [-0.1, -0.05) is 12.1 Å². The molecule has 18 heteroatoms. The molecular formula is C23H22F7N4O6P. The topological polar surface area (TPSA) is 130 Å². The number of halogens is 7. The van der Waals surface area contributed by atoms with Gasteiger partial charge in [-0.05, 0) is 48.4 Å². The first-order valence-corrected chi connectivity index (χ1v) is 13.3. The van der Waals surface area contributed by atoms with E-state index < -0.39 is 66.7 Å². The summed E-state index contributed by atoms with van der Waals surface area (Å²) in [4.78, 5) is 34.3. The van der Waals surface area contributed by atoms with Crippen molar-refractivity contribution in [3.05, 3.63) is 86.8 Å². The predicted octanol–water partition coefficient (Wildman–Crippen LogP) is 4.37. The zero-order chi connectivity index (χ0) is 30.3. The number of rotatable bonds is 7. The van der Waals surface area contributed by atoms with E-state index in [0.717, 1.165) is 12.1 Å². The Morgan fingerprint density at radius 3 is 2.20 bits per heavy atom. The van der Waals surface area contributed by atoms with E-state index in [9.17, 15) is 49.9 Å². The van der Waals surface area contributed by atoms with E-state index in [1.165, 1.54) is 19.1 Å². The second-order valence-electron chi connectivity index (χ2n) is 9.10. The second-order valence-corrected chi connectivity index (χ2v) is 10.5. The third-order valence-corrected chi connectivity index (χ3v) is 6.95. The van der Waals surface area contributed by atoms with Crippen molar-refractivity contribution >= 4 is 7.75 Å². The highest BCUT2D eigenvalue weighted by Crippen LogP contribution is 2.40. The number of aromatic nitrogens is 3. The molecule has 1 fully saturated rings. The number of aromatic amines is 1. The Morgan fingerprint density at radius 1 is 1.10 bits per heavy atom. The maximum atomic E-state index is 13.7. The lowest BCUT2D eigenvalue weighted by atomic mass is 10.0. The zero-order valence-corrected chi connectivity index (χ0v) is 21.8. The highest BCUT2D eigenvalue weighted by Gasteiger charge is 2.39. The van der Waals surface area contributed by atoms with Crippen LogP contribution in [-0.2, 0) is 32.9 Å². The van der Waals surface area contributed by atoms with Gasteiger partial charge < -0.3 is 19.3 Å². The average Bonchev–Trinajstić information content (AvgIpc) is 3.24. The van der Waals surface area contributed by atoms with E-state index in [-0.39, 0.29) is 36.0 Å². The molecule has 2 heterocycles. The molecule has 224 valence electrons. The highest BCUT2D eigenvalue weighted by atomic mass is 31.2. The van der Waals surface area contributed by atoms with Crippen LogP contribution in [0.4, 0.5) is 30.7 Å². The largest absolute Gasteiger partial charge is 0.454 e. The Bertz CT molecular complexity index is 1450. The molecule has 0 bridgehead atoms. The maximum absolute atomic E-state index is 13.7. The van der Waals surface area contributed by atoms with Crippen molar-refractivity contribution in [2.45, 2.75) is 44.3 Å². The minimum Gasteiger partial charge on any atom is -0.349 e. The molecule has 0 saturated carbocycles. The quantitative estimate of drug-likeness (QED) is 0.265. The van der Waals surface area contributed by atoms with Crippen LogP contribution in [0.25, 0.3) is 0 Å². The molecular weight excluding hydrogens is 592 g/mol. The molecule has 3 N–H and O–H groups in total. The standard InChI is InChI=1S/C23H22F7N4O6P/c1-12(14-8-15(22(25,26)27)10-16(9-14)23(28,29)30)40-20-19(13-2-4-17(24)5-3-13)33(6-7-39-20)11-18-31-21(35)34(32-18)41(36,37)38/h2-5,8-10,12,19-20H,6-7,11H2,1H3,(H,31,32,35)(H2,36,37,38)/t12-,19+,20+/m1/s1. The summed E-state index contributed by atoms with van der Waals surface area (Å²) < 4.78 is 117. The van der Waals surface area contributed by atoms with Gasteiger partial charge in [-0.15, -0.1) is 9.55 Å². The SMILES string of the molecule is C[C@@H](O[C@@H]1OCCN(Cc2nn(P(=O)(O)O)c(=O)[nH]2)[C@H]1c1ccc(F)cc1)c1cc(C(F)(F)F)cc(C(F)(F)F)c1. The predicted molar refractivity (Wildman–Crippen MR) is 126 cm³/mol. The van der Waals surface area contributed by atoms with Crippen LogP contribution in [-0.4, -0.2) is 48.7 Å². The summed E-state index contributed by atoms with van der Waals surface area (Å²) in [6.45, 7) is 1.04. The van der Waals surface area contributed by atoms with Crippen molar-refractivity contribution in [1.29, 1.82) is 0 Å². The van der Waals surface area contributed by atoms with Crippen molar-refractivity contribution in [3.63, 3.8) is 0 Å². The van der Waals surface area contributed by atoms with E-state index >= 15 is 0 Å². The molecule has 1 aromatic heterocycles. The Hall–Kier alpha value is -3.08. The zero-order valence-electron chi connectivity index (χ0n) is 20.9. The first kappa shape index (κ1) is 30.9. The minimum absolute atomic E-state index is 0.00603. The molecule has 0 unspecified atom stereocenters. The lowest BCUT2D eigenvalue weighted by Crippen LogP contribution is -2.46. The Labute approximate surface area is 226 Å². The van der Waals surface area contributed by atoms with Crippen molar-refractivity contribution in [2.75, 3.05) is 13.2 Å². The second kappa shape index (κ2) is 11.3. The van der Waals surface area contributed by atoms with Crippen LogP contribution in [0, 0.1) is 5.82 Å². The van der Waals surface area contributed by atoms with Crippen LogP contribution >= 0.6 is 7.75 Å². The highest BCUT2D eigenvalue weighted by molar-refractivity contribution is 7.49. The van der Waals surface area contributed by atoms with Gasteiger partial charge in [0.1, 0.15) is 11.6 Å².